The van der Waals surface area contributed by atoms with Crippen molar-refractivity contribution in [2.75, 3.05) is 0 Å². The fourth-order valence-electron chi connectivity index (χ4n) is 1.74. The molecule has 0 amide bonds. The Morgan fingerprint density at radius 2 is 2.17 bits per heavy atom. The third-order valence-electron chi connectivity index (χ3n) is 2.53. The lowest BCUT2D eigenvalue weighted by Gasteiger charge is -2.06. The maximum Gasteiger partial charge on any atom is 0.180 e. The molecule has 2 aromatic heterocycles. The van der Waals surface area contributed by atoms with Gasteiger partial charge in [0.2, 0.25) is 0 Å². The summed E-state index contributed by atoms with van der Waals surface area (Å²) in [5.74, 6) is 0. The molecule has 0 aliphatic rings. The van der Waals surface area contributed by atoms with Crippen molar-refractivity contribution < 1.29 is 0 Å². The van der Waals surface area contributed by atoms with Crippen LogP contribution in [0.1, 0.15) is 5.56 Å². The van der Waals surface area contributed by atoms with Gasteiger partial charge in [0.05, 0.1) is 5.52 Å². The van der Waals surface area contributed by atoms with E-state index in [1.165, 1.54) is 23.1 Å². The molecular formula is C12H10N4S2. The van der Waals surface area contributed by atoms with Gasteiger partial charge in [-0.15, -0.1) is 10.2 Å². The Balaban J connectivity index is 2.08. The maximum atomic E-state index is 5.80. The van der Waals surface area contributed by atoms with Gasteiger partial charge < -0.3 is 5.73 Å². The van der Waals surface area contributed by atoms with E-state index < -0.39 is 0 Å². The monoisotopic (exact) mass is 274 g/mol. The number of benzene rings is 1. The first kappa shape index (κ1) is 11.6. The molecule has 0 aliphatic carbocycles. The van der Waals surface area contributed by atoms with Gasteiger partial charge in [0.25, 0.3) is 0 Å². The van der Waals surface area contributed by atoms with Crippen molar-refractivity contribution in [2.45, 2.75) is 15.9 Å². The second-order valence-corrected chi connectivity index (χ2v) is 5.75. The highest BCUT2D eigenvalue weighted by molar-refractivity contribution is 8.00. The highest BCUT2D eigenvalue weighted by atomic mass is 32.2. The second kappa shape index (κ2) is 5.01. The van der Waals surface area contributed by atoms with E-state index in [1.54, 1.807) is 5.51 Å². The molecule has 0 aliphatic heterocycles. The Hall–Kier alpha value is -1.50. The number of hydrogen-bond donors (Lipinski definition) is 1. The number of hydrogen-bond acceptors (Lipinski definition) is 6. The molecule has 3 rings (SSSR count). The van der Waals surface area contributed by atoms with Crippen molar-refractivity contribution in [1.82, 2.24) is 15.2 Å². The largest absolute Gasteiger partial charge is 0.326 e. The summed E-state index contributed by atoms with van der Waals surface area (Å²) in [4.78, 5) is 4.61. The molecule has 18 heavy (non-hydrogen) atoms. The van der Waals surface area contributed by atoms with Crippen molar-refractivity contribution in [3.05, 3.63) is 41.4 Å². The van der Waals surface area contributed by atoms with Gasteiger partial charge in [-0.3, -0.25) is 0 Å². The number of para-hydroxylation sites is 1. The highest BCUT2D eigenvalue weighted by Gasteiger charge is 2.07. The number of rotatable bonds is 3. The molecule has 4 nitrogen and oxygen atoms in total. The van der Waals surface area contributed by atoms with Crippen molar-refractivity contribution >= 4 is 34.0 Å². The summed E-state index contributed by atoms with van der Waals surface area (Å²) in [6, 6.07) is 10.0. The SMILES string of the molecule is NCc1cc(Sc2nncs2)nc2ccccc12. The summed E-state index contributed by atoms with van der Waals surface area (Å²) in [6.07, 6.45) is 0. The van der Waals surface area contributed by atoms with Crippen LogP contribution >= 0.6 is 23.1 Å². The van der Waals surface area contributed by atoms with Crippen LogP contribution in [0.15, 0.2) is 45.2 Å². The van der Waals surface area contributed by atoms with Crippen LogP contribution in [0.4, 0.5) is 0 Å². The minimum atomic E-state index is 0.507. The third-order valence-corrected chi connectivity index (χ3v) is 4.23. The van der Waals surface area contributed by atoms with Crippen LogP contribution in [-0.2, 0) is 6.54 Å². The van der Waals surface area contributed by atoms with Crippen LogP contribution in [0.2, 0.25) is 0 Å². The van der Waals surface area contributed by atoms with E-state index in [2.05, 4.69) is 15.2 Å². The third kappa shape index (κ3) is 2.22. The van der Waals surface area contributed by atoms with Gasteiger partial charge in [-0.25, -0.2) is 4.98 Å². The number of nitrogens with zero attached hydrogens (tertiary/aromatic N) is 3. The molecule has 2 heterocycles. The van der Waals surface area contributed by atoms with Gasteiger partial charge in [-0.1, -0.05) is 29.5 Å². The zero-order valence-electron chi connectivity index (χ0n) is 9.41. The summed E-state index contributed by atoms with van der Waals surface area (Å²) >= 11 is 3.02. The second-order valence-electron chi connectivity index (χ2n) is 3.65. The van der Waals surface area contributed by atoms with E-state index in [0.29, 0.717) is 6.54 Å². The lowest BCUT2D eigenvalue weighted by Crippen LogP contribution is -1.99. The smallest absolute Gasteiger partial charge is 0.180 e. The standard InChI is InChI=1S/C12H10N4S2/c13-6-8-5-11(18-12-16-14-7-17-12)15-10-4-2-1-3-9(8)10/h1-5,7H,6,13H2. The molecular weight excluding hydrogens is 264 g/mol. The molecule has 0 saturated carbocycles. The number of nitrogens with two attached hydrogens (primary N) is 1. The molecule has 90 valence electrons. The molecule has 0 bridgehead atoms. The van der Waals surface area contributed by atoms with Gasteiger partial charge in [-0.2, -0.15) is 0 Å². The molecule has 0 unspecified atom stereocenters. The summed E-state index contributed by atoms with van der Waals surface area (Å²) < 4.78 is 0.890. The minimum Gasteiger partial charge on any atom is -0.326 e. The van der Waals surface area contributed by atoms with E-state index in [1.807, 2.05) is 30.3 Å². The van der Waals surface area contributed by atoms with Crippen LogP contribution in [0.25, 0.3) is 10.9 Å². The predicted octanol–water partition coefficient (Wildman–Crippen LogP) is 2.70. The molecule has 0 spiro atoms. The molecule has 6 heteroatoms. The number of aromatic nitrogens is 3. The Kier molecular flexibility index (Phi) is 3.22. The predicted molar refractivity (Wildman–Crippen MR) is 73.7 cm³/mol. The van der Waals surface area contributed by atoms with Crippen molar-refractivity contribution in [1.29, 1.82) is 0 Å². The fourth-order valence-corrected chi connectivity index (χ4v) is 3.21. The van der Waals surface area contributed by atoms with Gasteiger partial charge in [-0.05, 0) is 29.5 Å². The maximum absolute atomic E-state index is 5.80. The van der Waals surface area contributed by atoms with Crippen LogP contribution in [0, 0.1) is 0 Å². The van der Waals surface area contributed by atoms with Gasteiger partial charge >= 0.3 is 0 Å². The van der Waals surface area contributed by atoms with E-state index in [9.17, 15) is 0 Å². The van der Waals surface area contributed by atoms with Crippen LogP contribution in [0.5, 0.6) is 0 Å². The molecule has 0 atom stereocenters. The number of pyridine rings is 1. The van der Waals surface area contributed by atoms with Crippen LogP contribution < -0.4 is 5.73 Å². The lowest BCUT2D eigenvalue weighted by atomic mass is 10.1. The average Bonchev–Trinajstić information content (AvgIpc) is 2.90. The molecule has 1 aromatic carbocycles. The number of fused-ring (bicyclic) bond motifs is 1. The van der Waals surface area contributed by atoms with Gasteiger partial charge in [0, 0.05) is 11.9 Å². The Labute approximate surface area is 112 Å². The van der Waals surface area contributed by atoms with Crippen LogP contribution in [0.3, 0.4) is 0 Å². The first-order chi connectivity index (χ1) is 8.86. The molecule has 3 aromatic rings. The van der Waals surface area contributed by atoms with Crippen molar-refractivity contribution in [3.63, 3.8) is 0 Å². The topological polar surface area (TPSA) is 64.7 Å². The highest BCUT2D eigenvalue weighted by Crippen LogP contribution is 2.30. The lowest BCUT2D eigenvalue weighted by molar-refractivity contribution is 1.00. The fraction of sp³-hybridized carbons (Fsp3) is 0.0833. The summed E-state index contributed by atoms with van der Waals surface area (Å²) in [7, 11) is 0. The summed E-state index contributed by atoms with van der Waals surface area (Å²) in [5.41, 5.74) is 9.58. The first-order valence-corrected chi connectivity index (χ1v) is 7.09. The Morgan fingerprint density at radius 3 is 2.94 bits per heavy atom. The Morgan fingerprint density at radius 1 is 1.28 bits per heavy atom. The zero-order valence-corrected chi connectivity index (χ0v) is 11.0. The first-order valence-electron chi connectivity index (χ1n) is 5.39. The Bertz CT molecular complexity index is 667. The van der Waals surface area contributed by atoms with Gasteiger partial charge in [0.1, 0.15) is 10.5 Å². The van der Waals surface area contributed by atoms with Crippen LogP contribution in [-0.4, -0.2) is 15.2 Å². The van der Waals surface area contributed by atoms with E-state index in [0.717, 1.165) is 25.8 Å². The molecule has 0 radical (unpaired) electrons. The summed E-state index contributed by atoms with van der Waals surface area (Å²) in [5, 5.41) is 9.85. The zero-order chi connectivity index (χ0) is 12.4. The normalized spacial score (nSPS) is 10.9. The summed E-state index contributed by atoms with van der Waals surface area (Å²) in [6.45, 7) is 0.507. The molecule has 0 fully saturated rings. The van der Waals surface area contributed by atoms with Crippen molar-refractivity contribution in [2.24, 2.45) is 5.73 Å². The van der Waals surface area contributed by atoms with Gasteiger partial charge in [0.15, 0.2) is 4.34 Å². The quantitative estimate of drug-likeness (QED) is 0.795. The molecule has 0 saturated heterocycles. The van der Waals surface area contributed by atoms with E-state index in [-0.39, 0.29) is 0 Å². The minimum absolute atomic E-state index is 0.507. The van der Waals surface area contributed by atoms with Crippen molar-refractivity contribution in [3.8, 4) is 0 Å². The van der Waals surface area contributed by atoms with E-state index >= 15 is 0 Å². The molecule has 2 N–H and O–H groups in total. The average molecular weight is 274 g/mol. The van der Waals surface area contributed by atoms with E-state index in [4.69, 9.17) is 5.73 Å².